The van der Waals surface area contributed by atoms with Crippen LogP contribution in [0.4, 0.5) is 0 Å². The Hall–Kier alpha value is 1.46. The molecule has 4 heteroatoms. The lowest BCUT2D eigenvalue weighted by atomic mass is 11.0. The topological polar surface area (TPSA) is 0 Å². The quantitative estimate of drug-likeness (QED) is 0.572. The Morgan fingerprint density at radius 3 is 2.57 bits per heavy atom. The second-order valence-electron chi connectivity index (χ2n) is 1.11. The first kappa shape index (κ1) is 8.46. The summed E-state index contributed by atoms with van der Waals surface area (Å²) in [5.74, 6) is 0. The van der Waals surface area contributed by atoms with Gasteiger partial charge in [0.05, 0.1) is 6.30 Å². The second-order valence-corrected chi connectivity index (χ2v) is 11.4. The molecule has 0 aliphatic carbocycles. The van der Waals surface area contributed by atoms with Gasteiger partial charge in [-0.25, -0.2) is 0 Å². The lowest BCUT2D eigenvalue weighted by Gasteiger charge is -1.81. The minimum absolute atomic E-state index is 0.191. The van der Waals surface area contributed by atoms with Gasteiger partial charge in [-0.15, -0.1) is 8.93 Å². The Labute approximate surface area is 52.1 Å². The van der Waals surface area contributed by atoms with Gasteiger partial charge in [0.2, 0.25) is 0 Å². The van der Waals surface area contributed by atoms with Gasteiger partial charge in [0.15, 0.2) is 0 Å². The highest BCUT2D eigenvalue weighted by Crippen LogP contribution is 2.60. The highest BCUT2D eigenvalue weighted by Gasteiger charge is 1.96. The molecule has 0 amide bonds. The van der Waals surface area contributed by atoms with E-state index >= 15 is 0 Å². The van der Waals surface area contributed by atoms with Crippen molar-refractivity contribution in [2.24, 2.45) is 0 Å². The van der Waals surface area contributed by atoms with Gasteiger partial charge in [0.1, 0.15) is 21.4 Å². The molecule has 4 atom stereocenters. The molecule has 0 radical (unpaired) electrons. The normalized spacial score (nSPS) is 14.9. The first-order valence-electron chi connectivity index (χ1n) is 2.10. The summed E-state index contributed by atoms with van der Waals surface area (Å²) < 4.78 is 0. The Bertz CT molecular complexity index is 60.0. The molecule has 4 unspecified atom stereocenters. The predicted octanol–water partition coefficient (Wildman–Crippen LogP) is 2.90. The lowest BCUT2D eigenvalue weighted by Crippen LogP contribution is -1.51. The minimum Gasteiger partial charge on any atom is -0.106 e. The first-order chi connectivity index (χ1) is 3.31. The molecule has 0 fully saturated rings. The highest BCUT2D eigenvalue weighted by atomic mass is 32.6. The summed E-state index contributed by atoms with van der Waals surface area (Å²) in [4.78, 5) is 0. The molecule has 7 heavy (non-hydrogen) atoms. The van der Waals surface area contributed by atoms with E-state index < -0.39 is 0 Å². The third kappa shape index (κ3) is 5.33. The summed E-state index contributed by atoms with van der Waals surface area (Å²) in [5, 5.41) is 0. The highest BCUT2D eigenvalue weighted by molar-refractivity contribution is 8.59. The molecular formula is C3H11P4+. The zero-order valence-corrected chi connectivity index (χ0v) is 8.49. The number of rotatable bonds is 3. The van der Waals surface area contributed by atoms with Crippen molar-refractivity contribution in [1.82, 2.24) is 0 Å². The van der Waals surface area contributed by atoms with E-state index in [-0.39, 0.29) is 7.23 Å². The van der Waals surface area contributed by atoms with E-state index in [1.165, 1.54) is 6.16 Å². The van der Waals surface area contributed by atoms with E-state index in [9.17, 15) is 0 Å². The average molecular weight is 171 g/mol. The fourth-order valence-electron chi connectivity index (χ4n) is 0.170. The molecule has 0 bridgehead atoms. The van der Waals surface area contributed by atoms with Crippen LogP contribution in [-0.4, -0.2) is 12.5 Å². The summed E-state index contributed by atoms with van der Waals surface area (Å²) >= 11 is 0. The summed E-state index contributed by atoms with van der Waals surface area (Å²) in [5.41, 5.74) is 0. The van der Waals surface area contributed by atoms with Gasteiger partial charge in [0.25, 0.3) is 0 Å². The molecule has 0 aliphatic rings. The van der Waals surface area contributed by atoms with Crippen LogP contribution in [0.2, 0.25) is 0 Å². The van der Waals surface area contributed by atoms with Gasteiger partial charge in [-0.3, -0.25) is 0 Å². The molecule has 0 saturated carbocycles. The Kier molecular flexibility index (Phi) is 6.76. The molecule has 0 heterocycles. The molecule has 0 nitrogen and oxygen atoms in total. The van der Waals surface area contributed by atoms with E-state index in [1.807, 2.05) is 0 Å². The monoisotopic (exact) mass is 171 g/mol. The van der Waals surface area contributed by atoms with Crippen molar-refractivity contribution in [2.45, 2.75) is 6.92 Å². The van der Waals surface area contributed by atoms with Crippen LogP contribution in [0.15, 0.2) is 0 Å². The van der Waals surface area contributed by atoms with Crippen molar-refractivity contribution >= 4 is 38.4 Å². The maximum Gasteiger partial charge on any atom is 0.122 e. The molecular weight excluding hydrogens is 160 g/mol. The molecule has 0 rings (SSSR count). The summed E-state index contributed by atoms with van der Waals surface area (Å²) in [6.07, 6.45) is 5.32. The van der Waals surface area contributed by atoms with E-state index in [2.05, 4.69) is 22.2 Å². The third-order valence-corrected chi connectivity index (χ3v) is 11.6. The van der Waals surface area contributed by atoms with Crippen LogP contribution >= 0.6 is 32.1 Å². The van der Waals surface area contributed by atoms with E-state index in [4.69, 9.17) is 0 Å². The molecule has 0 aliphatic heterocycles. The minimum atomic E-state index is 0.191. The van der Waals surface area contributed by atoms with E-state index in [0.29, 0.717) is 0 Å². The van der Waals surface area contributed by atoms with Crippen molar-refractivity contribution < 1.29 is 0 Å². The SMILES string of the molecule is C=[P+](CC)PPP. The summed E-state index contributed by atoms with van der Waals surface area (Å²) in [6.45, 7) is 2.22. The van der Waals surface area contributed by atoms with Crippen molar-refractivity contribution in [3.8, 4) is 0 Å². The van der Waals surface area contributed by atoms with Crippen molar-refractivity contribution in [3.05, 3.63) is 0 Å². The maximum atomic E-state index is 4.02. The molecule has 0 spiro atoms. The van der Waals surface area contributed by atoms with Crippen LogP contribution in [0, 0.1) is 0 Å². The predicted molar refractivity (Wildman–Crippen MR) is 50.9 cm³/mol. The van der Waals surface area contributed by atoms with Gasteiger partial charge in [-0.05, 0) is 14.9 Å². The second kappa shape index (κ2) is 5.59. The zero-order valence-electron chi connectivity index (χ0n) is 4.44. The number of hydrogen-bond donors (Lipinski definition) is 0. The fourth-order valence-corrected chi connectivity index (χ4v) is 9.53. The van der Waals surface area contributed by atoms with Crippen molar-refractivity contribution in [3.63, 3.8) is 0 Å². The Balaban J connectivity index is 3.00. The molecule has 42 valence electrons. The number of hydrogen-bond acceptors (Lipinski definition) is 0. The molecule has 0 aromatic heterocycles. The summed E-state index contributed by atoms with van der Waals surface area (Å²) in [6, 6.07) is 0. The standard InChI is InChI=1S/C3H11P4/c1-3-7(2)6-5-4/h5-6H,2-4H2,1H3/q+1. The fraction of sp³-hybridized carbons (Fsp3) is 0.667. The lowest BCUT2D eigenvalue weighted by molar-refractivity contribution is 1.53. The van der Waals surface area contributed by atoms with Gasteiger partial charge in [-0.1, -0.05) is 0 Å². The van der Waals surface area contributed by atoms with Crippen LogP contribution in [0.1, 0.15) is 6.92 Å². The molecule has 0 saturated heterocycles. The van der Waals surface area contributed by atoms with E-state index in [0.717, 1.165) is 15.9 Å². The van der Waals surface area contributed by atoms with Crippen LogP contribution in [0.5, 0.6) is 0 Å². The smallest absolute Gasteiger partial charge is 0.106 e. The van der Waals surface area contributed by atoms with Gasteiger partial charge in [0, 0.05) is 0 Å². The van der Waals surface area contributed by atoms with Crippen LogP contribution < -0.4 is 0 Å². The van der Waals surface area contributed by atoms with Gasteiger partial charge >= 0.3 is 0 Å². The summed E-state index contributed by atoms with van der Waals surface area (Å²) in [7, 11) is 5.15. The zero-order chi connectivity index (χ0) is 5.70. The first-order valence-corrected chi connectivity index (χ1v) is 9.47. The van der Waals surface area contributed by atoms with Crippen LogP contribution in [-0.2, 0) is 0 Å². The molecule has 0 aromatic carbocycles. The van der Waals surface area contributed by atoms with E-state index in [1.54, 1.807) is 0 Å². The molecule has 0 aromatic rings. The van der Waals surface area contributed by atoms with Gasteiger partial charge < -0.3 is 0 Å². The van der Waals surface area contributed by atoms with Gasteiger partial charge in [-0.2, -0.15) is 0 Å². The largest absolute Gasteiger partial charge is 0.122 e. The average Bonchev–Trinajstić information content (AvgIpc) is 1.68. The maximum absolute atomic E-state index is 4.02. The van der Waals surface area contributed by atoms with Crippen molar-refractivity contribution in [1.29, 1.82) is 0 Å². The van der Waals surface area contributed by atoms with Crippen LogP contribution in [0.3, 0.4) is 0 Å². The Morgan fingerprint density at radius 2 is 2.43 bits per heavy atom. The Morgan fingerprint density at radius 1 is 1.86 bits per heavy atom. The molecule has 0 N–H and O–H groups in total. The third-order valence-electron chi connectivity index (χ3n) is 0.604. The van der Waals surface area contributed by atoms with Crippen molar-refractivity contribution in [2.75, 3.05) is 6.16 Å². The van der Waals surface area contributed by atoms with Crippen LogP contribution in [0.25, 0.3) is 0 Å².